The summed E-state index contributed by atoms with van der Waals surface area (Å²) in [5.74, 6) is 1.33. The van der Waals surface area contributed by atoms with Crippen LogP contribution in [-0.4, -0.2) is 22.7 Å². The SMILES string of the molecule is Cc1ccc(OCC(=O)Nc2ccc(Nc3ccccc3C)nn2)cc1. The van der Waals surface area contributed by atoms with Crippen LogP contribution < -0.4 is 15.4 Å². The van der Waals surface area contributed by atoms with Gasteiger partial charge in [-0.1, -0.05) is 35.9 Å². The Balaban J connectivity index is 1.52. The summed E-state index contributed by atoms with van der Waals surface area (Å²) in [7, 11) is 0. The molecule has 0 unspecified atom stereocenters. The molecule has 3 aromatic rings. The molecule has 0 fully saturated rings. The van der Waals surface area contributed by atoms with E-state index in [1.807, 2.05) is 62.4 Å². The lowest BCUT2D eigenvalue weighted by Gasteiger charge is -2.09. The van der Waals surface area contributed by atoms with Crippen LogP contribution in [0, 0.1) is 13.8 Å². The number of aromatic nitrogens is 2. The Hall–Kier alpha value is -3.41. The van der Waals surface area contributed by atoms with Gasteiger partial charge < -0.3 is 15.4 Å². The first kappa shape index (κ1) is 17.4. The zero-order valence-corrected chi connectivity index (χ0v) is 14.7. The van der Waals surface area contributed by atoms with Gasteiger partial charge in [-0.05, 0) is 49.7 Å². The monoisotopic (exact) mass is 348 g/mol. The average Bonchev–Trinajstić information content (AvgIpc) is 2.65. The van der Waals surface area contributed by atoms with Crippen molar-refractivity contribution in [3.8, 4) is 5.75 Å². The lowest BCUT2D eigenvalue weighted by molar-refractivity contribution is -0.118. The lowest BCUT2D eigenvalue weighted by atomic mass is 10.2. The predicted molar refractivity (Wildman–Crippen MR) is 102 cm³/mol. The van der Waals surface area contributed by atoms with E-state index < -0.39 is 0 Å². The number of hydrogen-bond donors (Lipinski definition) is 2. The van der Waals surface area contributed by atoms with E-state index in [1.165, 1.54) is 0 Å². The molecule has 3 rings (SSSR count). The fourth-order valence-corrected chi connectivity index (χ4v) is 2.28. The van der Waals surface area contributed by atoms with Crippen molar-refractivity contribution in [3.63, 3.8) is 0 Å². The number of carbonyl (C=O) groups is 1. The third-order valence-electron chi connectivity index (χ3n) is 3.73. The fourth-order valence-electron chi connectivity index (χ4n) is 2.28. The van der Waals surface area contributed by atoms with Crippen LogP contribution >= 0.6 is 0 Å². The molecule has 0 aliphatic heterocycles. The molecule has 0 spiro atoms. The minimum absolute atomic E-state index is 0.0893. The van der Waals surface area contributed by atoms with Gasteiger partial charge in [-0.15, -0.1) is 10.2 Å². The van der Waals surface area contributed by atoms with E-state index in [0.717, 1.165) is 16.8 Å². The number of nitrogens with zero attached hydrogens (tertiary/aromatic N) is 2. The number of benzene rings is 2. The summed E-state index contributed by atoms with van der Waals surface area (Å²) in [5, 5.41) is 13.9. The summed E-state index contributed by atoms with van der Waals surface area (Å²) in [6.45, 7) is 3.92. The largest absolute Gasteiger partial charge is 0.484 e. The van der Waals surface area contributed by atoms with Crippen LogP contribution in [0.25, 0.3) is 0 Å². The van der Waals surface area contributed by atoms with E-state index in [2.05, 4.69) is 20.8 Å². The van der Waals surface area contributed by atoms with E-state index in [1.54, 1.807) is 12.1 Å². The van der Waals surface area contributed by atoms with E-state index in [9.17, 15) is 4.79 Å². The van der Waals surface area contributed by atoms with Crippen molar-refractivity contribution in [2.75, 3.05) is 17.2 Å². The molecule has 1 heterocycles. The highest BCUT2D eigenvalue weighted by Crippen LogP contribution is 2.18. The molecular formula is C20H20N4O2. The molecule has 0 saturated heterocycles. The van der Waals surface area contributed by atoms with Crippen LogP contribution in [0.5, 0.6) is 5.75 Å². The van der Waals surface area contributed by atoms with Crippen molar-refractivity contribution in [1.29, 1.82) is 0 Å². The Morgan fingerprint density at radius 1 is 0.923 bits per heavy atom. The molecule has 1 amide bonds. The maximum Gasteiger partial charge on any atom is 0.263 e. The molecule has 132 valence electrons. The van der Waals surface area contributed by atoms with Crippen LogP contribution in [0.4, 0.5) is 17.3 Å². The minimum Gasteiger partial charge on any atom is -0.484 e. The minimum atomic E-state index is -0.292. The topological polar surface area (TPSA) is 76.1 Å². The summed E-state index contributed by atoms with van der Waals surface area (Å²) in [6.07, 6.45) is 0. The van der Waals surface area contributed by atoms with Crippen molar-refractivity contribution in [3.05, 3.63) is 71.8 Å². The van der Waals surface area contributed by atoms with E-state index in [-0.39, 0.29) is 12.5 Å². The second kappa shape index (κ2) is 8.11. The predicted octanol–water partition coefficient (Wildman–Crippen LogP) is 3.85. The third-order valence-corrected chi connectivity index (χ3v) is 3.73. The van der Waals surface area contributed by atoms with Gasteiger partial charge in [-0.2, -0.15) is 0 Å². The molecule has 0 aliphatic rings. The number of para-hydroxylation sites is 1. The molecular weight excluding hydrogens is 328 g/mol. The number of rotatable bonds is 6. The van der Waals surface area contributed by atoms with Crippen LogP contribution in [-0.2, 0) is 4.79 Å². The van der Waals surface area contributed by atoms with Gasteiger partial charge in [0.15, 0.2) is 18.2 Å². The Morgan fingerprint density at radius 2 is 1.62 bits per heavy atom. The van der Waals surface area contributed by atoms with Crippen molar-refractivity contribution in [2.24, 2.45) is 0 Å². The summed E-state index contributed by atoms with van der Waals surface area (Å²) in [6, 6.07) is 18.9. The molecule has 0 aliphatic carbocycles. The maximum atomic E-state index is 12.0. The van der Waals surface area contributed by atoms with Gasteiger partial charge >= 0.3 is 0 Å². The van der Waals surface area contributed by atoms with Crippen LogP contribution in [0.1, 0.15) is 11.1 Å². The van der Waals surface area contributed by atoms with Gasteiger partial charge in [0.2, 0.25) is 0 Å². The number of aryl methyl sites for hydroxylation is 2. The number of carbonyl (C=O) groups excluding carboxylic acids is 1. The molecule has 1 aromatic heterocycles. The van der Waals surface area contributed by atoms with Crippen LogP contribution in [0.2, 0.25) is 0 Å². The number of anilines is 3. The molecule has 2 aromatic carbocycles. The van der Waals surface area contributed by atoms with Crippen molar-refractivity contribution in [1.82, 2.24) is 10.2 Å². The highest BCUT2D eigenvalue weighted by molar-refractivity contribution is 5.90. The van der Waals surface area contributed by atoms with E-state index in [0.29, 0.717) is 17.4 Å². The summed E-state index contributed by atoms with van der Waals surface area (Å²) < 4.78 is 5.44. The smallest absolute Gasteiger partial charge is 0.263 e. The Kier molecular flexibility index (Phi) is 5.43. The van der Waals surface area contributed by atoms with Gasteiger partial charge in [0.25, 0.3) is 5.91 Å². The molecule has 0 radical (unpaired) electrons. The second-order valence-electron chi connectivity index (χ2n) is 5.89. The number of nitrogens with one attached hydrogen (secondary N) is 2. The molecule has 26 heavy (non-hydrogen) atoms. The molecule has 6 nitrogen and oxygen atoms in total. The van der Waals surface area contributed by atoms with Gasteiger partial charge in [0, 0.05) is 5.69 Å². The quantitative estimate of drug-likeness (QED) is 0.707. The van der Waals surface area contributed by atoms with E-state index in [4.69, 9.17) is 4.74 Å². The zero-order valence-electron chi connectivity index (χ0n) is 14.7. The van der Waals surface area contributed by atoms with Gasteiger partial charge in [0.1, 0.15) is 5.75 Å². The third kappa shape index (κ3) is 4.80. The number of amides is 1. The first-order valence-corrected chi connectivity index (χ1v) is 8.26. The molecule has 0 bridgehead atoms. The Labute approximate surface area is 152 Å². The molecule has 0 atom stereocenters. The molecule has 6 heteroatoms. The molecule has 0 saturated carbocycles. The van der Waals surface area contributed by atoms with Gasteiger partial charge in [-0.3, -0.25) is 4.79 Å². The highest BCUT2D eigenvalue weighted by atomic mass is 16.5. The standard InChI is InChI=1S/C20H20N4O2/c1-14-7-9-16(10-8-14)26-13-20(25)22-19-12-11-18(23-24-19)21-17-6-4-3-5-15(17)2/h3-12H,13H2,1-2H3,(H,21,23)(H,22,24,25). The van der Waals surface area contributed by atoms with Crippen molar-refractivity contribution in [2.45, 2.75) is 13.8 Å². The summed E-state index contributed by atoms with van der Waals surface area (Å²) in [5.41, 5.74) is 3.21. The molecule has 2 N–H and O–H groups in total. The Bertz CT molecular complexity index is 877. The Morgan fingerprint density at radius 3 is 2.31 bits per heavy atom. The van der Waals surface area contributed by atoms with Crippen molar-refractivity contribution < 1.29 is 9.53 Å². The first-order chi connectivity index (χ1) is 12.6. The fraction of sp³-hybridized carbons (Fsp3) is 0.150. The normalized spacial score (nSPS) is 10.2. The first-order valence-electron chi connectivity index (χ1n) is 8.26. The second-order valence-corrected chi connectivity index (χ2v) is 5.89. The van der Waals surface area contributed by atoms with E-state index >= 15 is 0 Å². The van der Waals surface area contributed by atoms with Gasteiger partial charge in [0.05, 0.1) is 0 Å². The maximum absolute atomic E-state index is 12.0. The average molecular weight is 348 g/mol. The summed E-state index contributed by atoms with van der Waals surface area (Å²) >= 11 is 0. The van der Waals surface area contributed by atoms with Gasteiger partial charge in [-0.25, -0.2) is 0 Å². The van der Waals surface area contributed by atoms with Crippen LogP contribution in [0.15, 0.2) is 60.7 Å². The van der Waals surface area contributed by atoms with Crippen LogP contribution in [0.3, 0.4) is 0 Å². The number of hydrogen-bond acceptors (Lipinski definition) is 5. The van der Waals surface area contributed by atoms with Crippen molar-refractivity contribution >= 4 is 23.2 Å². The lowest BCUT2D eigenvalue weighted by Crippen LogP contribution is -2.21. The zero-order chi connectivity index (χ0) is 18.4. The highest BCUT2D eigenvalue weighted by Gasteiger charge is 2.06. The number of ether oxygens (including phenoxy) is 1. The summed E-state index contributed by atoms with van der Waals surface area (Å²) in [4.78, 5) is 12.0.